The van der Waals surface area contributed by atoms with Crippen LogP contribution < -0.4 is 10.1 Å². The predicted octanol–water partition coefficient (Wildman–Crippen LogP) is 3.00. The van der Waals surface area contributed by atoms with Crippen LogP contribution in [0.5, 0.6) is 5.88 Å². The van der Waals surface area contributed by atoms with E-state index in [1.807, 2.05) is 55.6 Å². The van der Waals surface area contributed by atoms with Gasteiger partial charge in [0.15, 0.2) is 0 Å². The van der Waals surface area contributed by atoms with E-state index < -0.39 is 0 Å². The highest BCUT2D eigenvalue weighted by Gasteiger charge is 2.05. The zero-order chi connectivity index (χ0) is 18.2. The van der Waals surface area contributed by atoms with E-state index >= 15 is 0 Å². The van der Waals surface area contributed by atoms with E-state index in [1.165, 1.54) is 6.08 Å². The third-order valence-corrected chi connectivity index (χ3v) is 3.63. The van der Waals surface area contributed by atoms with E-state index in [0.29, 0.717) is 19.0 Å². The van der Waals surface area contributed by atoms with E-state index in [0.717, 1.165) is 16.8 Å². The molecule has 0 saturated carbocycles. The lowest BCUT2D eigenvalue weighted by Gasteiger charge is -2.08. The van der Waals surface area contributed by atoms with Gasteiger partial charge in [0.25, 0.3) is 0 Å². The van der Waals surface area contributed by atoms with Crippen LogP contribution in [-0.2, 0) is 11.3 Å². The number of nitrogens with one attached hydrogen (secondary N) is 1. The van der Waals surface area contributed by atoms with Crippen molar-refractivity contribution in [2.45, 2.75) is 13.5 Å². The number of aromatic nitrogens is 3. The van der Waals surface area contributed by atoms with Gasteiger partial charge in [0, 0.05) is 36.1 Å². The van der Waals surface area contributed by atoms with Crippen LogP contribution >= 0.6 is 0 Å². The first kappa shape index (κ1) is 17.4. The Bertz CT molecular complexity index is 888. The van der Waals surface area contributed by atoms with Gasteiger partial charge in [-0.05, 0) is 31.2 Å². The Labute approximate surface area is 152 Å². The van der Waals surface area contributed by atoms with Gasteiger partial charge < -0.3 is 10.1 Å². The normalized spacial score (nSPS) is 10.8. The van der Waals surface area contributed by atoms with E-state index in [-0.39, 0.29) is 5.91 Å². The average molecular weight is 348 g/mol. The van der Waals surface area contributed by atoms with Crippen molar-refractivity contribution in [3.8, 4) is 11.6 Å². The molecule has 0 aliphatic rings. The maximum absolute atomic E-state index is 12.0. The maximum atomic E-state index is 12.0. The summed E-state index contributed by atoms with van der Waals surface area (Å²) < 4.78 is 7.22. The smallest absolute Gasteiger partial charge is 0.244 e. The average Bonchev–Trinajstić information content (AvgIpc) is 3.16. The summed E-state index contributed by atoms with van der Waals surface area (Å²) in [6, 6.07) is 13.5. The molecule has 1 aromatic carbocycles. The molecule has 132 valence electrons. The van der Waals surface area contributed by atoms with Crippen LogP contribution in [0.3, 0.4) is 0 Å². The Hall–Kier alpha value is -3.41. The number of para-hydroxylation sites is 1. The molecule has 0 unspecified atom stereocenters. The summed E-state index contributed by atoms with van der Waals surface area (Å²) in [6.07, 6.45) is 8.47. The SMILES string of the molecule is CCOc1ncccc1CNC(=O)/C=C/c1cnn(-c2ccccc2)c1. The Morgan fingerprint density at radius 1 is 1.23 bits per heavy atom. The molecular formula is C20H20N4O2. The molecule has 0 saturated heterocycles. The lowest BCUT2D eigenvalue weighted by molar-refractivity contribution is -0.116. The molecule has 3 aromatic rings. The first-order chi connectivity index (χ1) is 12.8. The van der Waals surface area contributed by atoms with Gasteiger partial charge in [-0.15, -0.1) is 0 Å². The minimum atomic E-state index is -0.191. The summed E-state index contributed by atoms with van der Waals surface area (Å²) in [7, 11) is 0. The van der Waals surface area contributed by atoms with Crippen molar-refractivity contribution in [1.29, 1.82) is 0 Å². The van der Waals surface area contributed by atoms with Gasteiger partial charge in [-0.25, -0.2) is 9.67 Å². The molecule has 0 radical (unpaired) electrons. The fourth-order valence-electron chi connectivity index (χ4n) is 2.38. The predicted molar refractivity (Wildman–Crippen MR) is 99.9 cm³/mol. The van der Waals surface area contributed by atoms with Crippen LogP contribution in [0.25, 0.3) is 11.8 Å². The standard InChI is InChI=1S/C20H20N4O2/c1-2-26-20-17(7-6-12-21-20)14-22-19(25)11-10-16-13-23-24(15-16)18-8-4-3-5-9-18/h3-13,15H,2,14H2,1H3,(H,22,25)/b11-10+. The van der Waals surface area contributed by atoms with Crippen molar-refractivity contribution < 1.29 is 9.53 Å². The van der Waals surface area contributed by atoms with Gasteiger partial charge in [-0.2, -0.15) is 5.10 Å². The third-order valence-electron chi connectivity index (χ3n) is 3.63. The molecule has 1 amide bonds. The number of hydrogen-bond donors (Lipinski definition) is 1. The van der Waals surface area contributed by atoms with Crippen molar-refractivity contribution in [1.82, 2.24) is 20.1 Å². The summed E-state index contributed by atoms with van der Waals surface area (Å²) in [5.74, 6) is 0.354. The molecule has 0 aliphatic carbocycles. The van der Waals surface area contributed by atoms with Crippen LogP contribution in [-0.4, -0.2) is 27.3 Å². The molecular weight excluding hydrogens is 328 g/mol. The molecule has 0 spiro atoms. The Kier molecular flexibility index (Phi) is 5.77. The largest absolute Gasteiger partial charge is 0.478 e. The molecule has 6 heteroatoms. The summed E-state index contributed by atoms with van der Waals surface area (Å²) in [4.78, 5) is 16.2. The molecule has 0 bridgehead atoms. The zero-order valence-corrected chi connectivity index (χ0v) is 14.5. The Balaban J connectivity index is 1.58. The zero-order valence-electron chi connectivity index (χ0n) is 14.5. The fourth-order valence-corrected chi connectivity index (χ4v) is 2.38. The van der Waals surface area contributed by atoms with Crippen molar-refractivity contribution in [3.63, 3.8) is 0 Å². The molecule has 0 atom stereocenters. The van der Waals surface area contributed by atoms with Gasteiger partial charge in [0.05, 0.1) is 18.5 Å². The molecule has 2 aromatic heterocycles. The Morgan fingerprint density at radius 2 is 2.08 bits per heavy atom. The second kappa shape index (κ2) is 8.62. The number of amides is 1. The highest BCUT2D eigenvalue weighted by Crippen LogP contribution is 2.13. The summed E-state index contributed by atoms with van der Waals surface area (Å²) in [6.45, 7) is 2.79. The first-order valence-electron chi connectivity index (χ1n) is 8.39. The molecule has 0 aliphatic heterocycles. The van der Waals surface area contributed by atoms with Gasteiger partial charge in [0.1, 0.15) is 0 Å². The molecule has 3 rings (SSSR count). The first-order valence-corrected chi connectivity index (χ1v) is 8.39. The third kappa shape index (κ3) is 4.57. The van der Waals surface area contributed by atoms with Gasteiger partial charge in [0.2, 0.25) is 11.8 Å². The Morgan fingerprint density at radius 3 is 2.88 bits per heavy atom. The number of hydrogen-bond acceptors (Lipinski definition) is 4. The van der Waals surface area contributed by atoms with Crippen LogP contribution in [0.2, 0.25) is 0 Å². The molecule has 26 heavy (non-hydrogen) atoms. The summed E-state index contributed by atoms with van der Waals surface area (Å²) >= 11 is 0. The fraction of sp³-hybridized carbons (Fsp3) is 0.150. The molecule has 0 fully saturated rings. The maximum Gasteiger partial charge on any atom is 0.244 e. The highest BCUT2D eigenvalue weighted by molar-refractivity contribution is 5.91. The van der Waals surface area contributed by atoms with Crippen LogP contribution in [0.4, 0.5) is 0 Å². The van der Waals surface area contributed by atoms with Crippen LogP contribution in [0, 0.1) is 0 Å². The van der Waals surface area contributed by atoms with E-state index in [9.17, 15) is 4.79 Å². The number of benzene rings is 1. The van der Waals surface area contributed by atoms with Crippen molar-refractivity contribution in [3.05, 3.63) is 78.3 Å². The number of pyridine rings is 1. The van der Waals surface area contributed by atoms with Gasteiger partial charge in [-0.3, -0.25) is 4.79 Å². The van der Waals surface area contributed by atoms with Crippen LogP contribution in [0.15, 0.2) is 67.1 Å². The summed E-state index contributed by atoms with van der Waals surface area (Å²) in [5.41, 5.74) is 2.66. The van der Waals surface area contributed by atoms with Crippen LogP contribution in [0.1, 0.15) is 18.1 Å². The number of ether oxygens (including phenoxy) is 1. The van der Waals surface area contributed by atoms with Crippen molar-refractivity contribution in [2.75, 3.05) is 6.61 Å². The molecule has 2 heterocycles. The number of nitrogens with zero attached hydrogens (tertiary/aromatic N) is 3. The second-order valence-corrected chi connectivity index (χ2v) is 5.51. The molecule has 6 nitrogen and oxygen atoms in total. The topological polar surface area (TPSA) is 69.0 Å². The number of rotatable bonds is 7. The van der Waals surface area contributed by atoms with E-state index in [4.69, 9.17) is 4.74 Å². The minimum Gasteiger partial charge on any atom is -0.478 e. The summed E-state index contributed by atoms with van der Waals surface area (Å²) in [5, 5.41) is 7.13. The minimum absolute atomic E-state index is 0.191. The van der Waals surface area contributed by atoms with Crippen molar-refractivity contribution >= 4 is 12.0 Å². The van der Waals surface area contributed by atoms with E-state index in [1.54, 1.807) is 23.2 Å². The highest BCUT2D eigenvalue weighted by atomic mass is 16.5. The number of carbonyl (C=O) groups excluding carboxylic acids is 1. The second-order valence-electron chi connectivity index (χ2n) is 5.51. The van der Waals surface area contributed by atoms with Crippen molar-refractivity contribution in [2.24, 2.45) is 0 Å². The monoisotopic (exact) mass is 348 g/mol. The van der Waals surface area contributed by atoms with Gasteiger partial charge in [-0.1, -0.05) is 24.3 Å². The quantitative estimate of drug-likeness (QED) is 0.667. The molecule has 1 N–H and O–H groups in total. The lowest BCUT2D eigenvalue weighted by atomic mass is 10.2. The lowest BCUT2D eigenvalue weighted by Crippen LogP contribution is -2.20. The number of carbonyl (C=O) groups is 1. The van der Waals surface area contributed by atoms with Gasteiger partial charge >= 0.3 is 0 Å². The van der Waals surface area contributed by atoms with E-state index in [2.05, 4.69) is 15.4 Å².